The van der Waals surface area contributed by atoms with E-state index in [0.29, 0.717) is 12.6 Å². The number of nitrogens with one attached hydrogen (secondary N) is 1. The van der Waals surface area contributed by atoms with Crippen molar-refractivity contribution in [2.75, 3.05) is 13.1 Å². The molecular weight excluding hydrogens is 272 g/mol. The average Bonchev–Trinajstić information content (AvgIpc) is 3.17. The van der Waals surface area contributed by atoms with Crippen LogP contribution < -0.4 is 11.1 Å². The molecule has 0 aromatic heterocycles. The number of nitrogens with two attached hydrogens (primary N) is 1. The first-order chi connectivity index (χ1) is 9.40. The second-order valence-corrected chi connectivity index (χ2v) is 5.25. The summed E-state index contributed by atoms with van der Waals surface area (Å²) in [6.07, 6.45) is -1.14. The molecule has 2 nitrogen and oxygen atoms in total. The van der Waals surface area contributed by atoms with E-state index in [1.807, 2.05) is 0 Å². The largest absolute Gasteiger partial charge is 0.416 e. The summed E-state index contributed by atoms with van der Waals surface area (Å²) in [5.74, 6) is -0.170. The van der Waals surface area contributed by atoms with Crippen molar-refractivity contribution in [3.05, 3.63) is 35.1 Å². The first-order valence-electron chi connectivity index (χ1n) is 6.71. The van der Waals surface area contributed by atoms with Gasteiger partial charge in [0.15, 0.2) is 0 Å². The molecule has 0 bridgehead atoms. The van der Waals surface area contributed by atoms with Gasteiger partial charge < -0.3 is 11.1 Å². The molecule has 1 saturated carbocycles. The molecule has 3 N–H and O–H groups in total. The van der Waals surface area contributed by atoms with Gasteiger partial charge in [0.05, 0.1) is 5.56 Å². The van der Waals surface area contributed by atoms with Crippen molar-refractivity contribution < 1.29 is 17.6 Å². The van der Waals surface area contributed by atoms with Gasteiger partial charge in [-0.25, -0.2) is 4.39 Å². The van der Waals surface area contributed by atoms with Crippen molar-refractivity contribution >= 4 is 0 Å². The first-order valence-corrected chi connectivity index (χ1v) is 6.71. The van der Waals surface area contributed by atoms with E-state index in [-0.39, 0.29) is 12.1 Å². The Morgan fingerprint density at radius 1 is 1.25 bits per heavy atom. The quantitative estimate of drug-likeness (QED) is 0.789. The number of hydrogen-bond acceptors (Lipinski definition) is 2. The van der Waals surface area contributed by atoms with Crippen LogP contribution in [0.5, 0.6) is 0 Å². The Morgan fingerprint density at radius 2 is 1.95 bits per heavy atom. The minimum absolute atomic E-state index is 0.130. The lowest BCUT2D eigenvalue weighted by Gasteiger charge is -2.19. The van der Waals surface area contributed by atoms with Crippen molar-refractivity contribution in [2.24, 2.45) is 11.7 Å². The SMILES string of the molecule is NCC(NCCC1CC1)c1cc(F)cc(C(F)(F)F)c1. The minimum Gasteiger partial charge on any atom is -0.329 e. The minimum atomic E-state index is -4.55. The van der Waals surface area contributed by atoms with Crippen molar-refractivity contribution in [1.82, 2.24) is 5.32 Å². The van der Waals surface area contributed by atoms with E-state index in [4.69, 9.17) is 5.73 Å². The molecule has 1 aliphatic rings. The van der Waals surface area contributed by atoms with E-state index < -0.39 is 23.6 Å². The lowest BCUT2D eigenvalue weighted by atomic mass is 10.0. The van der Waals surface area contributed by atoms with Crippen LogP contribution in [0.1, 0.15) is 36.4 Å². The molecule has 0 radical (unpaired) electrons. The van der Waals surface area contributed by atoms with E-state index in [9.17, 15) is 17.6 Å². The molecule has 0 heterocycles. The molecule has 20 heavy (non-hydrogen) atoms. The van der Waals surface area contributed by atoms with Crippen LogP contribution >= 0.6 is 0 Å². The Balaban J connectivity index is 2.08. The van der Waals surface area contributed by atoms with Crippen LogP contribution in [-0.4, -0.2) is 13.1 Å². The zero-order valence-electron chi connectivity index (χ0n) is 11.0. The number of halogens is 4. The van der Waals surface area contributed by atoms with E-state index in [0.717, 1.165) is 24.5 Å². The van der Waals surface area contributed by atoms with E-state index in [1.165, 1.54) is 12.8 Å². The van der Waals surface area contributed by atoms with Crippen molar-refractivity contribution in [3.63, 3.8) is 0 Å². The molecule has 1 atom stereocenters. The predicted molar refractivity (Wildman–Crippen MR) is 68.5 cm³/mol. The summed E-state index contributed by atoms with van der Waals surface area (Å²) in [6, 6.07) is 2.12. The summed E-state index contributed by atoms with van der Waals surface area (Å²) in [7, 11) is 0. The fraction of sp³-hybridized carbons (Fsp3) is 0.571. The van der Waals surface area contributed by atoms with Crippen LogP contribution in [0.25, 0.3) is 0 Å². The molecule has 0 amide bonds. The van der Waals surface area contributed by atoms with E-state index in [2.05, 4.69) is 5.32 Å². The summed E-state index contributed by atoms with van der Waals surface area (Å²) in [4.78, 5) is 0. The summed E-state index contributed by atoms with van der Waals surface area (Å²) in [5.41, 5.74) is 4.85. The number of rotatable bonds is 6. The van der Waals surface area contributed by atoms with Crippen LogP contribution in [0.3, 0.4) is 0 Å². The molecule has 2 rings (SSSR count). The van der Waals surface area contributed by atoms with Gasteiger partial charge in [0.25, 0.3) is 0 Å². The van der Waals surface area contributed by atoms with Crippen LogP contribution in [0.2, 0.25) is 0 Å². The lowest BCUT2D eigenvalue weighted by molar-refractivity contribution is -0.137. The van der Waals surface area contributed by atoms with Crippen LogP contribution in [0, 0.1) is 11.7 Å². The number of alkyl halides is 3. The highest BCUT2D eigenvalue weighted by atomic mass is 19.4. The standard InChI is InChI=1S/C14H18F4N2/c15-12-6-10(5-11(7-12)14(16,17)18)13(8-19)20-4-3-9-1-2-9/h5-7,9,13,20H,1-4,8,19H2. The van der Waals surface area contributed by atoms with Gasteiger partial charge in [-0.1, -0.05) is 12.8 Å². The number of benzene rings is 1. The highest BCUT2D eigenvalue weighted by Gasteiger charge is 2.32. The zero-order valence-corrected chi connectivity index (χ0v) is 11.0. The fourth-order valence-electron chi connectivity index (χ4n) is 2.18. The molecule has 0 spiro atoms. The third-order valence-corrected chi connectivity index (χ3v) is 3.53. The predicted octanol–water partition coefficient (Wildman–Crippen LogP) is 3.23. The van der Waals surface area contributed by atoms with Gasteiger partial charge in [-0.2, -0.15) is 13.2 Å². The second-order valence-electron chi connectivity index (χ2n) is 5.25. The Morgan fingerprint density at radius 3 is 2.50 bits per heavy atom. The maximum atomic E-state index is 13.3. The van der Waals surface area contributed by atoms with Gasteiger partial charge in [0.1, 0.15) is 5.82 Å². The fourth-order valence-corrected chi connectivity index (χ4v) is 2.18. The lowest BCUT2D eigenvalue weighted by Crippen LogP contribution is -2.29. The third kappa shape index (κ3) is 4.18. The maximum absolute atomic E-state index is 13.3. The van der Waals surface area contributed by atoms with Gasteiger partial charge >= 0.3 is 6.18 Å². The average molecular weight is 290 g/mol. The molecule has 112 valence electrons. The van der Waals surface area contributed by atoms with E-state index in [1.54, 1.807) is 0 Å². The zero-order chi connectivity index (χ0) is 14.8. The molecule has 1 aromatic carbocycles. The molecule has 1 aromatic rings. The topological polar surface area (TPSA) is 38.0 Å². The summed E-state index contributed by atoms with van der Waals surface area (Å²) >= 11 is 0. The molecule has 6 heteroatoms. The van der Waals surface area contributed by atoms with Gasteiger partial charge in [-0.15, -0.1) is 0 Å². The normalized spacial score (nSPS) is 17.2. The monoisotopic (exact) mass is 290 g/mol. The summed E-state index contributed by atoms with van der Waals surface area (Å²) in [6.45, 7) is 0.815. The second kappa shape index (κ2) is 6.10. The smallest absolute Gasteiger partial charge is 0.329 e. The Labute approximate surface area is 115 Å². The number of hydrogen-bond donors (Lipinski definition) is 2. The Bertz CT molecular complexity index is 455. The first kappa shape index (κ1) is 15.3. The molecule has 1 aliphatic carbocycles. The van der Waals surface area contributed by atoms with Gasteiger partial charge in [-0.3, -0.25) is 0 Å². The van der Waals surface area contributed by atoms with Crippen molar-refractivity contribution in [2.45, 2.75) is 31.5 Å². The highest BCUT2D eigenvalue weighted by molar-refractivity contribution is 5.29. The summed E-state index contributed by atoms with van der Waals surface area (Å²) in [5, 5.41) is 3.10. The van der Waals surface area contributed by atoms with Crippen molar-refractivity contribution in [1.29, 1.82) is 0 Å². The van der Waals surface area contributed by atoms with Crippen LogP contribution in [0.15, 0.2) is 18.2 Å². The molecule has 0 saturated heterocycles. The van der Waals surface area contributed by atoms with Gasteiger partial charge in [0.2, 0.25) is 0 Å². The van der Waals surface area contributed by atoms with Crippen LogP contribution in [-0.2, 0) is 6.18 Å². The van der Waals surface area contributed by atoms with Crippen LogP contribution in [0.4, 0.5) is 17.6 Å². The maximum Gasteiger partial charge on any atom is 0.416 e. The molecule has 1 fully saturated rings. The van der Waals surface area contributed by atoms with Gasteiger partial charge in [0, 0.05) is 12.6 Å². The van der Waals surface area contributed by atoms with E-state index >= 15 is 0 Å². The van der Waals surface area contributed by atoms with Crippen molar-refractivity contribution in [3.8, 4) is 0 Å². The molecule has 0 aliphatic heterocycles. The molecule has 1 unspecified atom stereocenters. The Hall–Kier alpha value is -1.14. The van der Waals surface area contributed by atoms with Gasteiger partial charge in [-0.05, 0) is 42.6 Å². The summed E-state index contributed by atoms with van der Waals surface area (Å²) < 4.78 is 51.3. The third-order valence-electron chi connectivity index (χ3n) is 3.53. The highest BCUT2D eigenvalue weighted by Crippen LogP contribution is 2.33. The molecular formula is C14H18F4N2. The Kier molecular flexibility index (Phi) is 4.65.